The van der Waals surface area contributed by atoms with E-state index in [0.717, 1.165) is 29.6 Å². The minimum atomic E-state index is 0.582. The molecule has 0 radical (unpaired) electrons. The molecule has 92 valence electrons. The van der Waals surface area contributed by atoms with Crippen molar-refractivity contribution in [3.8, 4) is 5.75 Å². The number of rotatable bonds is 7. The van der Waals surface area contributed by atoms with E-state index in [1.807, 2.05) is 31.2 Å². The Bertz CT molecular complexity index is 366. The molecular weight excluding hydrogens is 216 g/mol. The van der Waals surface area contributed by atoms with Gasteiger partial charge >= 0.3 is 0 Å². The molecule has 0 bridgehead atoms. The van der Waals surface area contributed by atoms with E-state index in [1.54, 1.807) is 13.2 Å². The third-order valence-electron chi connectivity index (χ3n) is 2.42. The maximum absolute atomic E-state index is 10.2. The number of aldehydes is 1. The van der Waals surface area contributed by atoms with Gasteiger partial charge in [0.2, 0.25) is 0 Å². The summed E-state index contributed by atoms with van der Waals surface area (Å²) in [7, 11) is 1.65. The van der Waals surface area contributed by atoms with Gasteiger partial charge in [-0.15, -0.1) is 0 Å². The molecular formula is C14H18O3. The second-order valence-electron chi connectivity index (χ2n) is 3.80. The summed E-state index contributed by atoms with van der Waals surface area (Å²) >= 11 is 0. The summed E-state index contributed by atoms with van der Waals surface area (Å²) in [5, 5.41) is 0. The Morgan fingerprint density at radius 1 is 1.29 bits per heavy atom. The molecule has 0 saturated carbocycles. The summed E-state index contributed by atoms with van der Waals surface area (Å²) in [6, 6.07) is 7.78. The van der Waals surface area contributed by atoms with Gasteiger partial charge in [-0.1, -0.05) is 17.7 Å². The normalized spacial score (nSPS) is 11.3. The molecule has 0 N–H and O–H groups in total. The highest BCUT2D eigenvalue weighted by Gasteiger charge is 1.95. The Balaban J connectivity index is 2.26. The number of hydrogen-bond donors (Lipinski definition) is 0. The first-order valence-corrected chi connectivity index (χ1v) is 5.58. The Labute approximate surface area is 102 Å². The molecule has 0 amide bonds. The molecule has 0 saturated heterocycles. The Kier molecular flexibility index (Phi) is 6.04. The van der Waals surface area contributed by atoms with E-state index in [-0.39, 0.29) is 0 Å². The number of carbonyl (C=O) groups excluding carboxylic acids is 1. The molecule has 0 aliphatic heterocycles. The molecule has 0 unspecified atom stereocenters. The van der Waals surface area contributed by atoms with E-state index in [0.29, 0.717) is 13.2 Å². The van der Waals surface area contributed by atoms with E-state index in [2.05, 4.69) is 0 Å². The molecule has 0 heterocycles. The third-order valence-corrected chi connectivity index (χ3v) is 2.42. The molecule has 0 fully saturated rings. The van der Waals surface area contributed by atoms with Crippen LogP contribution in [-0.4, -0.2) is 20.0 Å². The van der Waals surface area contributed by atoms with Crippen molar-refractivity contribution in [1.82, 2.24) is 0 Å². The fraction of sp³-hybridized carbons (Fsp3) is 0.357. The third kappa shape index (κ3) is 5.31. The van der Waals surface area contributed by atoms with Crippen LogP contribution in [0.15, 0.2) is 35.9 Å². The van der Waals surface area contributed by atoms with Crippen LogP contribution in [0.25, 0.3) is 0 Å². The van der Waals surface area contributed by atoms with Crippen molar-refractivity contribution in [3.63, 3.8) is 0 Å². The minimum Gasteiger partial charge on any atom is -0.497 e. The van der Waals surface area contributed by atoms with Crippen LogP contribution in [0.4, 0.5) is 0 Å². The predicted molar refractivity (Wildman–Crippen MR) is 67.1 cm³/mol. The van der Waals surface area contributed by atoms with Gasteiger partial charge in [-0.25, -0.2) is 0 Å². The highest BCUT2D eigenvalue weighted by molar-refractivity contribution is 5.65. The first-order valence-electron chi connectivity index (χ1n) is 5.58. The molecule has 1 rings (SSSR count). The molecule has 1 aromatic carbocycles. The zero-order valence-corrected chi connectivity index (χ0v) is 10.3. The maximum atomic E-state index is 10.2. The minimum absolute atomic E-state index is 0.582. The highest BCUT2D eigenvalue weighted by atomic mass is 16.5. The largest absolute Gasteiger partial charge is 0.497 e. The Morgan fingerprint density at radius 2 is 2.00 bits per heavy atom. The highest BCUT2D eigenvalue weighted by Crippen LogP contribution is 2.12. The first-order chi connectivity index (χ1) is 8.26. The van der Waals surface area contributed by atoms with E-state index in [4.69, 9.17) is 9.47 Å². The van der Waals surface area contributed by atoms with Crippen LogP contribution in [0.2, 0.25) is 0 Å². The van der Waals surface area contributed by atoms with Crippen molar-refractivity contribution in [3.05, 3.63) is 41.5 Å². The smallest absolute Gasteiger partial charge is 0.142 e. The van der Waals surface area contributed by atoms with Crippen LogP contribution in [0, 0.1) is 0 Å². The van der Waals surface area contributed by atoms with E-state index in [1.165, 1.54) is 0 Å². The van der Waals surface area contributed by atoms with Crippen molar-refractivity contribution in [1.29, 1.82) is 0 Å². The van der Waals surface area contributed by atoms with E-state index < -0.39 is 0 Å². The van der Waals surface area contributed by atoms with E-state index in [9.17, 15) is 4.79 Å². The number of ether oxygens (including phenoxy) is 2. The SMILES string of the molecule is COc1ccc(COCC/C(C)=C/C=O)cc1. The summed E-state index contributed by atoms with van der Waals surface area (Å²) in [6.07, 6.45) is 3.16. The molecule has 0 atom stereocenters. The lowest BCUT2D eigenvalue weighted by atomic mass is 10.2. The number of methoxy groups -OCH3 is 1. The predicted octanol–water partition coefficient (Wildman–Crippen LogP) is 2.75. The zero-order chi connectivity index (χ0) is 12.5. The van der Waals surface area contributed by atoms with Crippen molar-refractivity contribution in [2.75, 3.05) is 13.7 Å². The fourth-order valence-electron chi connectivity index (χ4n) is 1.34. The molecule has 0 aliphatic carbocycles. The maximum Gasteiger partial charge on any atom is 0.142 e. The molecule has 1 aromatic rings. The molecule has 3 heteroatoms. The van der Waals surface area contributed by atoms with Gasteiger partial charge in [0.05, 0.1) is 20.3 Å². The van der Waals surface area contributed by atoms with Crippen molar-refractivity contribution < 1.29 is 14.3 Å². The average molecular weight is 234 g/mol. The summed E-state index contributed by atoms with van der Waals surface area (Å²) in [6.45, 7) is 3.13. The van der Waals surface area contributed by atoms with Crippen LogP contribution < -0.4 is 4.74 Å². The lowest BCUT2D eigenvalue weighted by Crippen LogP contribution is -1.96. The molecule has 0 spiro atoms. The van der Waals surface area contributed by atoms with Gasteiger partial charge in [0, 0.05) is 0 Å². The lowest BCUT2D eigenvalue weighted by molar-refractivity contribution is -0.104. The Morgan fingerprint density at radius 3 is 2.59 bits per heavy atom. The number of allylic oxidation sites excluding steroid dienone is 1. The van der Waals surface area contributed by atoms with Crippen LogP contribution in [0.3, 0.4) is 0 Å². The molecule has 0 aliphatic rings. The van der Waals surface area contributed by atoms with Gasteiger partial charge in [0.15, 0.2) is 0 Å². The van der Waals surface area contributed by atoms with Gasteiger partial charge in [-0.3, -0.25) is 4.79 Å². The molecule has 17 heavy (non-hydrogen) atoms. The first kappa shape index (κ1) is 13.5. The fourth-order valence-corrected chi connectivity index (χ4v) is 1.34. The van der Waals surface area contributed by atoms with Crippen molar-refractivity contribution in [2.45, 2.75) is 20.0 Å². The summed E-state index contributed by atoms with van der Waals surface area (Å²) in [5.41, 5.74) is 2.15. The zero-order valence-electron chi connectivity index (χ0n) is 10.3. The van der Waals surface area contributed by atoms with Crippen molar-refractivity contribution >= 4 is 6.29 Å². The van der Waals surface area contributed by atoms with Crippen LogP contribution in [0.1, 0.15) is 18.9 Å². The standard InChI is InChI=1S/C14H18O3/c1-12(7-9-15)8-10-17-11-13-3-5-14(16-2)6-4-13/h3-7,9H,8,10-11H2,1-2H3/b12-7+. The molecule has 0 aromatic heterocycles. The Hall–Kier alpha value is -1.61. The summed E-state index contributed by atoms with van der Waals surface area (Å²) in [4.78, 5) is 10.2. The summed E-state index contributed by atoms with van der Waals surface area (Å²) in [5.74, 6) is 0.846. The molecule has 3 nitrogen and oxygen atoms in total. The van der Waals surface area contributed by atoms with Crippen molar-refractivity contribution in [2.24, 2.45) is 0 Å². The lowest BCUT2D eigenvalue weighted by Gasteiger charge is -2.05. The quantitative estimate of drug-likeness (QED) is 0.413. The van der Waals surface area contributed by atoms with E-state index >= 15 is 0 Å². The number of hydrogen-bond acceptors (Lipinski definition) is 3. The average Bonchev–Trinajstić information content (AvgIpc) is 2.36. The van der Waals surface area contributed by atoms with Crippen LogP contribution >= 0.6 is 0 Å². The number of carbonyl (C=O) groups is 1. The summed E-state index contributed by atoms with van der Waals surface area (Å²) < 4.78 is 10.6. The second-order valence-corrected chi connectivity index (χ2v) is 3.80. The van der Waals surface area contributed by atoms with Crippen LogP contribution in [0.5, 0.6) is 5.75 Å². The second kappa shape index (κ2) is 7.63. The topological polar surface area (TPSA) is 35.5 Å². The van der Waals surface area contributed by atoms with Gasteiger partial charge < -0.3 is 9.47 Å². The van der Waals surface area contributed by atoms with Crippen LogP contribution in [-0.2, 0) is 16.1 Å². The van der Waals surface area contributed by atoms with Gasteiger partial charge in [-0.2, -0.15) is 0 Å². The monoisotopic (exact) mass is 234 g/mol. The van der Waals surface area contributed by atoms with Gasteiger partial charge in [-0.05, 0) is 37.1 Å². The van der Waals surface area contributed by atoms with Gasteiger partial charge in [0.1, 0.15) is 12.0 Å². The number of benzene rings is 1. The van der Waals surface area contributed by atoms with Gasteiger partial charge in [0.25, 0.3) is 0 Å².